The Morgan fingerprint density at radius 1 is 1.50 bits per heavy atom. The molecule has 0 bridgehead atoms. The summed E-state index contributed by atoms with van der Waals surface area (Å²) in [6.07, 6.45) is 3.59. The Morgan fingerprint density at radius 2 is 2.22 bits per heavy atom. The highest BCUT2D eigenvalue weighted by atomic mass is 16.4. The number of anilines is 1. The molecular formula is C12H15N3O3. The number of carboxylic acid groups (broad SMARTS) is 1. The van der Waals surface area contributed by atoms with Crippen molar-refractivity contribution in [3.05, 3.63) is 23.9 Å². The Balaban J connectivity index is 2.24. The molecule has 1 aliphatic carbocycles. The molecule has 3 N–H and O–H groups in total. The minimum absolute atomic E-state index is 0.0191. The lowest BCUT2D eigenvalue weighted by Gasteiger charge is -2.24. The third-order valence-corrected chi connectivity index (χ3v) is 2.88. The highest BCUT2D eigenvalue weighted by Gasteiger charge is 2.32. The molecule has 0 aromatic carbocycles. The Labute approximate surface area is 104 Å². The van der Waals surface area contributed by atoms with Crippen LogP contribution in [-0.4, -0.2) is 34.6 Å². The van der Waals surface area contributed by atoms with E-state index in [0.717, 1.165) is 12.8 Å². The number of pyridine rings is 1. The highest BCUT2D eigenvalue weighted by molar-refractivity contribution is 5.97. The summed E-state index contributed by atoms with van der Waals surface area (Å²) < 4.78 is 0. The van der Waals surface area contributed by atoms with E-state index in [0.29, 0.717) is 17.9 Å². The number of aromatic nitrogens is 1. The molecule has 2 rings (SSSR count). The molecule has 1 saturated carbocycles. The standard InChI is InChI=1S/C12H15N3O3/c13-11(18)9-2-1-6-14-12(9)15(8-3-4-8)7-5-10(16)17/h1-2,6,8H,3-5,7H2,(H2,13,18)(H,16,17). The van der Waals surface area contributed by atoms with Crippen molar-refractivity contribution in [2.24, 2.45) is 5.73 Å². The fraction of sp³-hybridized carbons (Fsp3) is 0.417. The van der Waals surface area contributed by atoms with Gasteiger partial charge in [0, 0.05) is 18.8 Å². The molecule has 0 radical (unpaired) electrons. The van der Waals surface area contributed by atoms with Crippen LogP contribution in [0, 0.1) is 0 Å². The zero-order chi connectivity index (χ0) is 13.1. The normalized spacial score (nSPS) is 14.2. The predicted molar refractivity (Wildman–Crippen MR) is 65.4 cm³/mol. The molecule has 1 amide bonds. The van der Waals surface area contributed by atoms with E-state index in [1.165, 1.54) is 0 Å². The van der Waals surface area contributed by atoms with Gasteiger partial charge in [0.05, 0.1) is 12.0 Å². The van der Waals surface area contributed by atoms with Crippen LogP contribution in [0.5, 0.6) is 0 Å². The zero-order valence-corrected chi connectivity index (χ0v) is 9.87. The van der Waals surface area contributed by atoms with E-state index in [2.05, 4.69) is 4.98 Å². The van der Waals surface area contributed by atoms with E-state index in [9.17, 15) is 9.59 Å². The van der Waals surface area contributed by atoms with Crippen LogP contribution in [-0.2, 0) is 4.79 Å². The smallest absolute Gasteiger partial charge is 0.305 e. The quantitative estimate of drug-likeness (QED) is 0.770. The molecule has 1 heterocycles. The fourth-order valence-electron chi connectivity index (χ4n) is 1.88. The predicted octanol–water partition coefficient (Wildman–Crippen LogP) is 0.624. The van der Waals surface area contributed by atoms with E-state index in [1.54, 1.807) is 18.3 Å². The van der Waals surface area contributed by atoms with Crippen molar-refractivity contribution < 1.29 is 14.7 Å². The van der Waals surface area contributed by atoms with Crippen molar-refractivity contribution >= 4 is 17.7 Å². The molecule has 6 heteroatoms. The Morgan fingerprint density at radius 3 is 2.78 bits per heavy atom. The van der Waals surface area contributed by atoms with Gasteiger partial charge in [-0.3, -0.25) is 9.59 Å². The SMILES string of the molecule is NC(=O)c1cccnc1N(CCC(=O)O)C1CC1. The molecule has 1 aromatic rings. The van der Waals surface area contributed by atoms with Gasteiger partial charge in [0.15, 0.2) is 0 Å². The molecule has 1 fully saturated rings. The third-order valence-electron chi connectivity index (χ3n) is 2.88. The second-order valence-electron chi connectivity index (χ2n) is 4.31. The van der Waals surface area contributed by atoms with Crippen molar-refractivity contribution in [1.29, 1.82) is 0 Å². The van der Waals surface area contributed by atoms with E-state index < -0.39 is 11.9 Å². The number of amides is 1. The van der Waals surface area contributed by atoms with Crippen molar-refractivity contribution in [2.75, 3.05) is 11.4 Å². The van der Waals surface area contributed by atoms with Gasteiger partial charge in [-0.1, -0.05) is 0 Å². The van der Waals surface area contributed by atoms with E-state index in [1.807, 2.05) is 4.90 Å². The maximum Gasteiger partial charge on any atom is 0.305 e. The van der Waals surface area contributed by atoms with Crippen molar-refractivity contribution in [2.45, 2.75) is 25.3 Å². The Kier molecular flexibility index (Phi) is 3.45. The number of carboxylic acids is 1. The molecule has 6 nitrogen and oxygen atoms in total. The molecule has 1 aromatic heterocycles. The van der Waals surface area contributed by atoms with Gasteiger partial charge >= 0.3 is 5.97 Å². The van der Waals surface area contributed by atoms with Crippen LogP contribution in [0.1, 0.15) is 29.6 Å². The maximum absolute atomic E-state index is 11.3. The van der Waals surface area contributed by atoms with E-state index >= 15 is 0 Å². The molecule has 1 aliphatic rings. The second-order valence-corrected chi connectivity index (χ2v) is 4.31. The van der Waals surface area contributed by atoms with Crippen molar-refractivity contribution in [3.8, 4) is 0 Å². The van der Waals surface area contributed by atoms with Crippen LogP contribution >= 0.6 is 0 Å². The lowest BCUT2D eigenvalue weighted by molar-refractivity contribution is -0.136. The average Bonchev–Trinajstić information content (AvgIpc) is 3.14. The van der Waals surface area contributed by atoms with Crippen LogP contribution in [0.25, 0.3) is 0 Å². The van der Waals surface area contributed by atoms with E-state index in [4.69, 9.17) is 10.8 Å². The van der Waals surface area contributed by atoms with E-state index in [-0.39, 0.29) is 12.5 Å². The molecule has 0 saturated heterocycles. The van der Waals surface area contributed by atoms with Gasteiger partial charge in [-0.2, -0.15) is 0 Å². The lowest BCUT2D eigenvalue weighted by Crippen LogP contribution is -2.31. The number of rotatable bonds is 6. The number of hydrogen-bond donors (Lipinski definition) is 2. The van der Waals surface area contributed by atoms with Gasteiger partial charge in [-0.15, -0.1) is 0 Å². The summed E-state index contributed by atoms with van der Waals surface area (Å²) in [6, 6.07) is 3.53. The monoisotopic (exact) mass is 249 g/mol. The summed E-state index contributed by atoms with van der Waals surface area (Å²) in [6.45, 7) is 0.345. The molecule has 18 heavy (non-hydrogen) atoms. The number of nitrogens with two attached hydrogens (primary N) is 1. The van der Waals surface area contributed by atoms with Crippen molar-refractivity contribution in [3.63, 3.8) is 0 Å². The average molecular weight is 249 g/mol. The zero-order valence-electron chi connectivity index (χ0n) is 9.87. The topological polar surface area (TPSA) is 96.5 Å². The summed E-state index contributed by atoms with van der Waals surface area (Å²) in [5, 5.41) is 8.75. The number of primary amides is 1. The van der Waals surface area contributed by atoms with Gasteiger partial charge in [0.2, 0.25) is 0 Å². The van der Waals surface area contributed by atoms with Crippen LogP contribution in [0.15, 0.2) is 18.3 Å². The third kappa shape index (κ3) is 2.77. The van der Waals surface area contributed by atoms with Crippen LogP contribution in [0.2, 0.25) is 0 Å². The van der Waals surface area contributed by atoms with Gasteiger partial charge < -0.3 is 15.7 Å². The number of hydrogen-bond acceptors (Lipinski definition) is 4. The van der Waals surface area contributed by atoms with Gasteiger partial charge in [0.25, 0.3) is 5.91 Å². The molecule has 0 atom stereocenters. The summed E-state index contributed by atoms with van der Waals surface area (Å²) in [4.78, 5) is 28.0. The molecule has 96 valence electrons. The summed E-state index contributed by atoms with van der Waals surface area (Å²) in [5.41, 5.74) is 5.65. The number of aliphatic carboxylic acids is 1. The number of carbonyl (C=O) groups is 2. The van der Waals surface area contributed by atoms with Crippen LogP contribution in [0.4, 0.5) is 5.82 Å². The first-order valence-corrected chi connectivity index (χ1v) is 5.83. The Hall–Kier alpha value is -2.11. The number of carbonyl (C=O) groups excluding carboxylic acids is 1. The summed E-state index contributed by atoms with van der Waals surface area (Å²) in [7, 11) is 0. The Bertz CT molecular complexity index is 471. The highest BCUT2D eigenvalue weighted by Crippen LogP contribution is 2.32. The minimum Gasteiger partial charge on any atom is -0.481 e. The first-order valence-electron chi connectivity index (χ1n) is 5.83. The minimum atomic E-state index is -0.864. The maximum atomic E-state index is 11.3. The first-order chi connectivity index (χ1) is 8.59. The second kappa shape index (κ2) is 5.03. The summed E-state index contributed by atoms with van der Waals surface area (Å²) in [5.74, 6) is -0.912. The lowest BCUT2D eigenvalue weighted by atomic mass is 10.2. The van der Waals surface area contributed by atoms with Crippen LogP contribution < -0.4 is 10.6 Å². The molecule has 0 aliphatic heterocycles. The van der Waals surface area contributed by atoms with Gasteiger partial charge in [-0.05, 0) is 25.0 Å². The summed E-state index contributed by atoms with van der Waals surface area (Å²) >= 11 is 0. The van der Waals surface area contributed by atoms with Gasteiger partial charge in [-0.25, -0.2) is 4.98 Å². The van der Waals surface area contributed by atoms with Crippen LogP contribution in [0.3, 0.4) is 0 Å². The molecule has 0 spiro atoms. The number of nitrogens with zero attached hydrogens (tertiary/aromatic N) is 2. The van der Waals surface area contributed by atoms with Crippen molar-refractivity contribution in [1.82, 2.24) is 4.98 Å². The largest absolute Gasteiger partial charge is 0.481 e. The van der Waals surface area contributed by atoms with Gasteiger partial charge in [0.1, 0.15) is 5.82 Å². The first kappa shape index (κ1) is 12.3. The molecular weight excluding hydrogens is 234 g/mol. The fourth-order valence-corrected chi connectivity index (χ4v) is 1.88. The molecule has 0 unspecified atom stereocenters.